The van der Waals surface area contributed by atoms with Crippen LogP contribution in [0, 0.1) is 5.82 Å². The Morgan fingerprint density at radius 2 is 2.00 bits per heavy atom. The Hall–Kier alpha value is -1.54. The Morgan fingerprint density at radius 1 is 1.42 bits per heavy atom. The van der Waals surface area contributed by atoms with E-state index in [1.165, 1.54) is 0 Å². The zero-order valence-corrected chi connectivity index (χ0v) is 11.4. The van der Waals surface area contributed by atoms with Crippen molar-refractivity contribution >= 4 is 16.0 Å². The number of nitrogens with one attached hydrogen (secondary N) is 1. The molecule has 0 spiro atoms. The molecular weight excluding hydrogens is 275 g/mol. The molecule has 0 aliphatic heterocycles. The first kappa shape index (κ1) is 15.5. The minimum absolute atomic E-state index is 0.0702. The number of hydrogen-bond donors (Lipinski definition) is 2. The monoisotopic (exact) mass is 290 g/mol. The Bertz CT molecular complexity index is 570. The molecule has 1 aromatic heterocycles. The fourth-order valence-electron chi connectivity index (χ4n) is 1.60. The Balaban J connectivity index is 3.18. The molecule has 1 heterocycles. The summed E-state index contributed by atoms with van der Waals surface area (Å²) in [6.45, 7) is 3.12. The number of halogens is 1. The van der Waals surface area contributed by atoms with Crippen molar-refractivity contribution in [1.29, 1.82) is 0 Å². The molecule has 19 heavy (non-hydrogen) atoms. The highest BCUT2D eigenvalue weighted by molar-refractivity contribution is 7.89. The predicted octanol–water partition coefficient (Wildman–Crippen LogP) is 1.14. The van der Waals surface area contributed by atoms with Gasteiger partial charge in [-0.15, -0.1) is 0 Å². The number of nitrogens with zero attached hydrogens (tertiary/aromatic N) is 1. The number of pyridine rings is 1. The third-order valence-electron chi connectivity index (χ3n) is 2.94. The molecule has 0 fully saturated rings. The minimum atomic E-state index is -4.14. The van der Waals surface area contributed by atoms with E-state index < -0.39 is 32.2 Å². The number of hydrogen-bond acceptors (Lipinski definition) is 4. The Labute approximate surface area is 110 Å². The molecule has 2 N–H and O–H groups in total. The highest BCUT2D eigenvalue weighted by Gasteiger charge is 2.39. The number of carboxylic acid groups (broad SMARTS) is 1. The molecule has 0 aliphatic rings. The third-order valence-corrected chi connectivity index (χ3v) is 4.44. The average Bonchev–Trinajstić information content (AvgIpc) is 2.35. The van der Waals surface area contributed by atoms with Crippen molar-refractivity contribution < 1.29 is 22.7 Å². The summed E-state index contributed by atoms with van der Waals surface area (Å²) in [5.74, 6) is -2.08. The van der Waals surface area contributed by atoms with Crippen molar-refractivity contribution in [1.82, 2.24) is 9.71 Å². The zero-order valence-electron chi connectivity index (χ0n) is 10.6. The Kier molecular flexibility index (Phi) is 4.59. The fourth-order valence-corrected chi connectivity index (χ4v) is 3.07. The SMILES string of the molecule is CCC(CC)(NS(=O)(=O)c1cncc(F)c1)C(=O)O. The molecule has 0 aliphatic carbocycles. The third kappa shape index (κ3) is 3.27. The smallest absolute Gasteiger partial charge is 0.324 e. The molecule has 106 valence electrons. The molecule has 0 atom stereocenters. The van der Waals surface area contributed by atoms with Gasteiger partial charge in [-0.2, -0.15) is 4.72 Å². The maximum absolute atomic E-state index is 13.0. The van der Waals surface area contributed by atoms with Crippen LogP contribution >= 0.6 is 0 Å². The van der Waals surface area contributed by atoms with Crippen molar-refractivity contribution in [2.45, 2.75) is 37.1 Å². The van der Waals surface area contributed by atoms with Crippen LogP contribution in [0.3, 0.4) is 0 Å². The van der Waals surface area contributed by atoms with Crippen molar-refractivity contribution in [3.63, 3.8) is 0 Å². The van der Waals surface area contributed by atoms with Crippen molar-refractivity contribution in [2.24, 2.45) is 0 Å². The molecule has 0 saturated carbocycles. The molecule has 1 rings (SSSR count). The fraction of sp³-hybridized carbons (Fsp3) is 0.455. The van der Waals surface area contributed by atoms with Gasteiger partial charge in [-0.1, -0.05) is 13.8 Å². The molecule has 6 nitrogen and oxygen atoms in total. The van der Waals surface area contributed by atoms with Crippen LogP contribution in [-0.4, -0.2) is 30.0 Å². The standard InChI is InChI=1S/C11H15FN2O4S/c1-3-11(4-2,10(15)16)14-19(17,18)9-5-8(12)6-13-7-9/h5-7,14H,3-4H2,1-2H3,(H,15,16). The van der Waals surface area contributed by atoms with Crippen LogP contribution in [0.1, 0.15) is 26.7 Å². The number of aliphatic carboxylic acids is 1. The van der Waals surface area contributed by atoms with Gasteiger partial charge in [-0.3, -0.25) is 9.78 Å². The quantitative estimate of drug-likeness (QED) is 0.819. The topological polar surface area (TPSA) is 96.4 Å². The van der Waals surface area contributed by atoms with Crippen molar-refractivity contribution in [3.05, 3.63) is 24.3 Å². The summed E-state index contributed by atoms with van der Waals surface area (Å²) >= 11 is 0. The first-order valence-electron chi connectivity index (χ1n) is 5.65. The summed E-state index contributed by atoms with van der Waals surface area (Å²) in [6.07, 6.45) is 1.97. The van der Waals surface area contributed by atoms with Crippen LogP contribution in [0.15, 0.2) is 23.4 Å². The van der Waals surface area contributed by atoms with E-state index in [9.17, 15) is 22.7 Å². The predicted molar refractivity (Wildman–Crippen MR) is 65.5 cm³/mol. The number of rotatable bonds is 6. The molecular formula is C11H15FN2O4S. The van der Waals surface area contributed by atoms with E-state index in [4.69, 9.17) is 0 Å². The summed E-state index contributed by atoms with van der Waals surface area (Å²) in [6, 6.07) is 0.785. The maximum Gasteiger partial charge on any atom is 0.324 e. The molecule has 8 heteroatoms. The van der Waals surface area contributed by atoms with E-state index in [1.54, 1.807) is 13.8 Å². The lowest BCUT2D eigenvalue weighted by molar-refractivity contribution is -0.144. The molecule has 0 bridgehead atoms. The van der Waals surface area contributed by atoms with Gasteiger partial charge >= 0.3 is 5.97 Å². The molecule has 0 saturated heterocycles. The second-order valence-electron chi connectivity index (χ2n) is 4.04. The summed E-state index contributed by atoms with van der Waals surface area (Å²) < 4.78 is 39.2. The molecule has 0 amide bonds. The van der Waals surface area contributed by atoms with Crippen LogP contribution in [0.5, 0.6) is 0 Å². The number of carbonyl (C=O) groups is 1. The summed E-state index contributed by atoms with van der Waals surface area (Å²) in [5.41, 5.74) is -1.61. The van der Waals surface area contributed by atoms with E-state index >= 15 is 0 Å². The molecule has 0 aromatic carbocycles. The summed E-state index contributed by atoms with van der Waals surface area (Å²) in [4.78, 5) is 14.3. The lowest BCUT2D eigenvalue weighted by atomic mass is 9.95. The molecule has 0 radical (unpaired) electrons. The van der Waals surface area contributed by atoms with Gasteiger partial charge in [0.2, 0.25) is 10.0 Å². The van der Waals surface area contributed by atoms with E-state index in [0.717, 1.165) is 18.5 Å². The van der Waals surface area contributed by atoms with E-state index in [-0.39, 0.29) is 12.8 Å². The summed E-state index contributed by atoms with van der Waals surface area (Å²) in [7, 11) is -4.14. The van der Waals surface area contributed by atoms with Gasteiger partial charge in [0.1, 0.15) is 16.3 Å². The van der Waals surface area contributed by atoms with Gasteiger partial charge < -0.3 is 5.11 Å². The average molecular weight is 290 g/mol. The highest BCUT2D eigenvalue weighted by Crippen LogP contribution is 2.20. The Morgan fingerprint density at radius 3 is 2.42 bits per heavy atom. The molecule has 1 aromatic rings. The lowest BCUT2D eigenvalue weighted by Gasteiger charge is -2.27. The van der Waals surface area contributed by atoms with Crippen molar-refractivity contribution in [3.8, 4) is 0 Å². The largest absolute Gasteiger partial charge is 0.480 e. The van der Waals surface area contributed by atoms with Crippen LogP contribution in [0.4, 0.5) is 4.39 Å². The number of carboxylic acids is 1. The van der Waals surface area contributed by atoms with E-state index in [0.29, 0.717) is 0 Å². The van der Waals surface area contributed by atoms with Crippen LogP contribution in [0.25, 0.3) is 0 Å². The van der Waals surface area contributed by atoms with Crippen LogP contribution in [0.2, 0.25) is 0 Å². The summed E-state index contributed by atoms with van der Waals surface area (Å²) in [5, 5.41) is 9.17. The van der Waals surface area contributed by atoms with Gasteiger partial charge in [-0.05, 0) is 18.9 Å². The van der Waals surface area contributed by atoms with Crippen LogP contribution < -0.4 is 4.72 Å². The zero-order chi connectivity index (χ0) is 14.7. The number of aromatic nitrogens is 1. The highest BCUT2D eigenvalue weighted by atomic mass is 32.2. The number of sulfonamides is 1. The maximum atomic E-state index is 13.0. The minimum Gasteiger partial charge on any atom is -0.480 e. The van der Waals surface area contributed by atoms with E-state index in [2.05, 4.69) is 9.71 Å². The van der Waals surface area contributed by atoms with Crippen molar-refractivity contribution in [2.75, 3.05) is 0 Å². The van der Waals surface area contributed by atoms with Gasteiger partial charge in [0.15, 0.2) is 0 Å². The second-order valence-corrected chi connectivity index (χ2v) is 5.72. The molecule has 0 unspecified atom stereocenters. The van der Waals surface area contributed by atoms with Crippen LogP contribution in [-0.2, 0) is 14.8 Å². The first-order valence-corrected chi connectivity index (χ1v) is 7.13. The van der Waals surface area contributed by atoms with E-state index in [1.807, 2.05) is 0 Å². The van der Waals surface area contributed by atoms with Gasteiger partial charge in [0.05, 0.1) is 6.20 Å². The second kappa shape index (κ2) is 5.62. The van der Waals surface area contributed by atoms with Gasteiger partial charge in [-0.25, -0.2) is 12.8 Å². The lowest BCUT2D eigenvalue weighted by Crippen LogP contribution is -2.53. The van der Waals surface area contributed by atoms with Gasteiger partial charge in [0, 0.05) is 6.20 Å². The van der Waals surface area contributed by atoms with Gasteiger partial charge in [0.25, 0.3) is 0 Å². The normalized spacial score (nSPS) is 12.4. The first-order chi connectivity index (χ1) is 8.77.